The van der Waals surface area contributed by atoms with Gasteiger partial charge in [-0.1, -0.05) is 57.2 Å². The summed E-state index contributed by atoms with van der Waals surface area (Å²) in [6.45, 7) is 2.15. The molecule has 194 valence electrons. The number of amides is 2. The van der Waals surface area contributed by atoms with E-state index < -0.39 is 24.0 Å². The van der Waals surface area contributed by atoms with Crippen LogP contribution < -0.4 is 10.5 Å². The number of rotatable bonds is 16. The van der Waals surface area contributed by atoms with Crippen LogP contribution in [0.3, 0.4) is 0 Å². The van der Waals surface area contributed by atoms with Crippen molar-refractivity contribution in [1.29, 1.82) is 0 Å². The van der Waals surface area contributed by atoms with Crippen LogP contribution in [0.25, 0.3) is 0 Å². The number of para-hydroxylation sites is 1. The SMILES string of the molecule is CCCCCC[C@H](CCCCC[C@@H](O)C(N)=O)OC(=O)[C@@H]1CC=CN1C(=O)c1ccccc1OC. The lowest BCUT2D eigenvalue weighted by molar-refractivity contribution is -0.154. The Balaban J connectivity index is 1.95. The maximum absolute atomic E-state index is 13.2. The van der Waals surface area contributed by atoms with Crippen molar-refractivity contribution in [2.75, 3.05) is 7.11 Å². The zero-order valence-corrected chi connectivity index (χ0v) is 21.0. The van der Waals surface area contributed by atoms with Crippen molar-refractivity contribution in [2.45, 2.75) is 95.8 Å². The average molecular weight is 489 g/mol. The second-order valence-electron chi connectivity index (χ2n) is 9.01. The standard InChI is InChI=1S/C27H40N2O6/c1-3-4-5-7-13-20(14-8-6-9-17-23(30)25(28)31)35-27(33)22-16-12-19-29(22)26(32)21-15-10-11-18-24(21)34-2/h10-12,15,18-20,22-23,30H,3-9,13-14,16-17H2,1-2H3,(H2,28,31)/t20-,22+,23-/m1/s1. The number of nitrogens with zero attached hydrogens (tertiary/aromatic N) is 1. The molecule has 0 unspecified atom stereocenters. The molecule has 0 bridgehead atoms. The van der Waals surface area contributed by atoms with E-state index in [0.29, 0.717) is 37.0 Å². The second kappa shape index (κ2) is 15.2. The largest absolute Gasteiger partial charge is 0.496 e. The molecule has 35 heavy (non-hydrogen) atoms. The molecule has 2 amide bonds. The molecule has 3 N–H and O–H groups in total. The van der Waals surface area contributed by atoms with Crippen molar-refractivity contribution in [3.63, 3.8) is 0 Å². The van der Waals surface area contributed by atoms with Gasteiger partial charge in [0.05, 0.1) is 12.7 Å². The molecule has 3 atom stereocenters. The van der Waals surface area contributed by atoms with E-state index in [4.69, 9.17) is 15.2 Å². The minimum Gasteiger partial charge on any atom is -0.496 e. The lowest BCUT2D eigenvalue weighted by Crippen LogP contribution is -2.41. The smallest absolute Gasteiger partial charge is 0.329 e. The number of aliphatic hydroxyl groups excluding tert-OH is 1. The molecule has 0 aromatic heterocycles. The number of hydrogen-bond donors (Lipinski definition) is 2. The fourth-order valence-electron chi connectivity index (χ4n) is 4.23. The topological polar surface area (TPSA) is 119 Å². The highest BCUT2D eigenvalue weighted by Gasteiger charge is 2.34. The number of ether oxygens (including phenoxy) is 2. The van der Waals surface area contributed by atoms with E-state index in [-0.39, 0.29) is 12.0 Å². The number of esters is 1. The van der Waals surface area contributed by atoms with E-state index in [1.54, 1.807) is 36.5 Å². The molecule has 1 heterocycles. The third-order valence-corrected chi connectivity index (χ3v) is 6.30. The van der Waals surface area contributed by atoms with Gasteiger partial charge in [0, 0.05) is 6.20 Å². The van der Waals surface area contributed by atoms with Crippen LogP contribution in [0.2, 0.25) is 0 Å². The van der Waals surface area contributed by atoms with Crippen LogP contribution in [0.15, 0.2) is 36.5 Å². The van der Waals surface area contributed by atoms with Gasteiger partial charge in [0.1, 0.15) is 24.0 Å². The van der Waals surface area contributed by atoms with Gasteiger partial charge in [-0.15, -0.1) is 0 Å². The molecule has 1 aliphatic heterocycles. The number of carbonyl (C=O) groups is 3. The molecule has 0 spiro atoms. The van der Waals surface area contributed by atoms with Crippen LogP contribution in [0.1, 0.15) is 87.9 Å². The molecular formula is C27H40N2O6. The van der Waals surface area contributed by atoms with Crippen LogP contribution >= 0.6 is 0 Å². The van der Waals surface area contributed by atoms with E-state index in [2.05, 4.69) is 6.92 Å². The summed E-state index contributed by atoms with van der Waals surface area (Å²) in [4.78, 5) is 38.7. The number of nitrogens with two attached hydrogens (primary N) is 1. The molecular weight excluding hydrogens is 448 g/mol. The van der Waals surface area contributed by atoms with E-state index in [1.807, 2.05) is 0 Å². The number of primary amides is 1. The van der Waals surface area contributed by atoms with Gasteiger partial charge in [-0.3, -0.25) is 9.59 Å². The first kappa shape index (κ1) is 28.4. The quantitative estimate of drug-likeness (QED) is 0.267. The van der Waals surface area contributed by atoms with Gasteiger partial charge >= 0.3 is 5.97 Å². The number of aliphatic hydroxyl groups is 1. The number of unbranched alkanes of at least 4 members (excludes halogenated alkanes) is 5. The Labute approximate surface area is 208 Å². The fourth-order valence-corrected chi connectivity index (χ4v) is 4.23. The lowest BCUT2D eigenvalue weighted by Gasteiger charge is -2.26. The Morgan fingerprint density at radius 3 is 2.37 bits per heavy atom. The number of benzene rings is 1. The predicted molar refractivity (Wildman–Crippen MR) is 134 cm³/mol. The minimum atomic E-state index is -1.11. The number of carbonyl (C=O) groups excluding carboxylic acids is 3. The Morgan fingerprint density at radius 1 is 1.06 bits per heavy atom. The molecule has 2 rings (SSSR count). The summed E-state index contributed by atoms with van der Waals surface area (Å²) in [7, 11) is 1.51. The zero-order chi connectivity index (χ0) is 25.6. The molecule has 0 saturated carbocycles. The number of hydrogen-bond acceptors (Lipinski definition) is 6. The second-order valence-corrected chi connectivity index (χ2v) is 9.01. The van der Waals surface area contributed by atoms with E-state index in [1.165, 1.54) is 12.0 Å². The van der Waals surface area contributed by atoms with Crippen molar-refractivity contribution < 1.29 is 29.0 Å². The van der Waals surface area contributed by atoms with Gasteiger partial charge in [-0.05, 0) is 50.7 Å². The Bertz CT molecular complexity index is 856. The van der Waals surface area contributed by atoms with Crippen molar-refractivity contribution in [1.82, 2.24) is 4.90 Å². The van der Waals surface area contributed by atoms with Gasteiger partial charge in [0.2, 0.25) is 5.91 Å². The Morgan fingerprint density at radius 2 is 1.71 bits per heavy atom. The highest BCUT2D eigenvalue weighted by atomic mass is 16.5. The summed E-state index contributed by atoms with van der Waals surface area (Å²) >= 11 is 0. The monoisotopic (exact) mass is 488 g/mol. The number of methoxy groups -OCH3 is 1. The zero-order valence-electron chi connectivity index (χ0n) is 21.0. The summed E-state index contributed by atoms with van der Waals surface area (Å²) in [5.41, 5.74) is 5.49. The minimum absolute atomic E-state index is 0.232. The maximum atomic E-state index is 13.2. The molecule has 0 radical (unpaired) electrons. The summed E-state index contributed by atoms with van der Waals surface area (Å²) in [6.07, 6.45) is 10.9. The molecule has 8 nitrogen and oxygen atoms in total. The molecule has 1 aromatic carbocycles. The lowest BCUT2D eigenvalue weighted by atomic mass is 10.0. The molecule has 0 fully saturated rings. The molecule has 1 aliphatic rings. The third kappa shape index (κ3) is 9.02. The van der Waals surface area contributed by atoms with E-state index in [9.17, 15) is 19.5 Å². The maximum Gasteiger partial charge on any atom is 0.329 e. The predicted octanol–water partition coefficient (Wildman–Crippen LogP) is 4.10. The third-order valence-electron chi connectivity index (χ3n) is 6.30. The van der Waals surface area contributed by atoms with Gasteiger partial charge in [-0.25, -0.2) is 4.79 Å². The summed E-state index contributed by atoms with van der Waals surface area (Å²) in [5, 5.41) is 9.54. The van der Waals surface area contributed by atoms with Gasteiger partial charge < -0.3 is 25.2 Å². The van der Waals surface area contributed by atoms with Gasteiger partial charge in [0.15, 0.2) is 0 Å². The first-order valence-corrected chi connectivity index (χ1v) is 12.7. The van der Waals surface area contributed by atoms with Crippen molar-refractivity contribution in [2.24, 2.45) is 5.73 Å². The average Bonchev–Trinajstić information content (AvgIpc) is 3.35. The van der Waals surface area contributed by atoms with Crippen molar-refractivity contribution in [3.05, 3.63) is 42.1 Å². The van der Waals surface area contributed by atoms with Gasteiger partial charge in [-0.2, -0.15) is 0 Å². The Kier molecular flexibility index (Phi) is 12.3. The fraction of sp³-hybridized carbons (Fsp3) is 0.593. The van der Waals surface area contributed by atoms with E-state index in [0.717, 1.165) is 44.9 Å². The first-order chi connectivity index (χ1) is 16.9. The highest BCUT2D eigenvalue weighted by molar-refractivity contribution is 6.00. The normalized spacial score (nSPS) is 16.7. The van der Waals surface area contributed by atoms with Crippen LogP contribution in [-0.2, 0) is 14.3 Å². The molecule has 0 aliphatic carbocycles. The van der Waals surface area contributed by atoms with Crippen LogP contribution in [0, 0.1) is 0 Å². The Hall–Kier alpha value is -2.87. The molecule has 8 heteroatoms. The van der Waals surface area contributed by atoms with Crippen LogP contribution in [0.5, 0.6) is 5.75 Å². The van der Waals surface area contributed by atoms with Crippen LogP contribution in [0.4, 0.5) is 0 Å². The summed E-state index contributed by atoms with van der Waals surface area (Å²) < 4.78 is 11.2. The van der Waals surface area contributed by atoms with E-state index >= 15 is 0 Å². The first-order valence-electron chi connectivity index (χ1n) is 12.7. The summed E-state index contributed by atoms with van der Waals surface area (Å²) in [5.74, 6) is -0.946. The van der Waals surface area contributed by atoms with Crippen LogP contribution in [-0.4, -0.2) is 53.1 Å². The van der Waals surface area contributed by atoms with Crippen molar-refractivity contribution in [3.8, 4) is 5.75 Å². The molecule has 0 saturated heterocycles. The molecule has 1 aromatic rings. The van der Waals surface area contributed by atoms with Crippen molar-refractivity contribution >= 4 is 17.8 Å². The highest BCUT2D eigenvalue weighted by Crippen LogP contribution is 2.26. The van der Waals surface area contributed by atoms with Gasteiger partial charge in [0.25, 0.3) is 5.91 Å². The summed E-state index contributed by atoms with van der Waals surface area (Å²) in [6, 6.07) is 6.25.